The van der Waals surface area contributed by atoms with Crippen molar-refractivity contribution in [3.63, 3.8) is 0 Å². The van der Waals surface area contributed by atoms with Gasteiger partial charge in [0.15, 0.2) is 5.69 Å². The van der Waals surface area contributed by atoms with E-state index in [9.17, 15) is 9.18 Å². The van der Waals surface area contributed by atoms with Gasteiger partial charge in [-0.25, -0.2) is 4.39 Å². The first-order valence-electron chi connectivity index (χ1n) is 3.52. The highest BCUT2D eigenvalue weighted by molar-refractivity contribution is 6.68. The molecule has 5 heteroatoms. The Morgan fingerprint density at radius 2 is 2.31 bits per heavy atom. The Morgan fingerprint density at radius 1 is 1.54 bits per heavy atom. The van der Waals surface area contributed by atoms with Crippen LogP contribution in [-0.4, -0.2) is 15.4 Å². The van der Waals surface area contributed by atoms with Crippen molar-refractivity contribution in [3.8, 4) is 0 Å². The molecule has 1 N–H and O–H groups in total. The van der Waals surface area contributed by atoms with Crippen LogP contribution in [-0.2, 0) is 0 Å². The molecule has 0 saturated heterocycles. The fraction of sp³-hybridized carbons (Fsp3) is 0. The van der Waals surface area contributed by atoms with Crippen molar-refractivity contribution in [2.24, 2.45) is 0 Å². The van der Waals surface area contributed by atoms with Crippen LogP contribution in [0.15, 0.2) is 18.2 Å². The summed E-state index contributed by atoms with van der Waals surface area (Å²) in [5, 5.41) is 5.94. The van der Waals surface area contributed by atoms with Gasteiger partial charge in [-0.3, -0.25) is 9.89 Å². The van der Waals surface area contributed by atoms with E-state index >= 15 is 0 Å². The number of hydrogen-bond donors (Lipinski definition) is 1. The van der Waals surface area contributed by atoms with E-state index in [0.717, 1.165) is 0 Å². The summed E-state index contributed by atoms with van der Waals surface area (Å²) in [6, 6.07) is 4.00. The van der Waals surface area contributed by atoms with Gasteiger partial charge in [0.25, 0.3) is 5.24 Å². The Kier molecular flexibility index (Phi) is 1.77. The van der Waals surface area contributed by atoms with Crippen molar-refractivity contribution in [3.05, 3.63) is 29.7 Å². The average molecular weight is 199 g/mol. The van der Waals surface area contributed by atoms with Crippen LogP contribution in [0.25, 0.3) is 10.9 Å². The van der Waals surface area contributed by atoms with Crippen molar-refractivity contribution < 1.29 is 9.18 Å². The number of aromatic amines is 1. The molecule has 0 aliphatic rings. The molecule has 0 aliphatic carbocycles. The molecular formula is C8H4ClFN2O. The predicted octanol–water partition coefficient (Wildman–Crippen LogP) is 2.08. The molecule has 0 unspecified atom stereocenters. The van der Waals surface area contributed by atoms with E-state index in [0.29, 0.717) is 10.9 Å². The van der Waals surface area contributed by atoms with Gasteiger partial charge in [-0.15, -0.1) is 0 Å². The highest BCUT2D eigenvalue weighted by Crippen LogP contribution is 2.18. The number of aromatic nitrogens is 2. The Bertz CT molecular complexity index is 480. The van der Waals surface area contributed by atoms with Crippen LogP contribution in [0.1, 0.15) is 10.5 Å². The number of nitrogens with one attached hydrogen (secondary N) is 1. The average Bonchev–Trinajstić information content (AvgIpc) is 2.46. The van der Waals surface area contributed by atoms with E-state index in [-0.39, 0.29) is 5.69 Å². The number of carbonyl (C=O) groups is 1. The van der Waals surface area contributed by atoms with Crippen molar-refractivity contribution in [1.82, 2.24) is 10.2 Å². The van der Waals surface area contributed by atoms with Gasteiger partial charge < -0.3 is 0 Å². The maximum atomic E-state index is 12.8. The summed E-state index contributed by atoms with van der Waals surface area (Å²) in [5.74, 6) is -0.423. The number of nitrogens with zero attached hydrogens (tertiary/aromatic N) is 1. The summed E-state index contributed by atoms with van der Waals surface area (Å²) in [7, 11) is 0. The van der Waals surface area contributed by atoms with Crippen molar-refractivity contribution in [1.29, 1.82) is 0 Å². The maximum Gasteiger partial charge on any atom is 0.273 e. The third-order valence-corrected chi connectivity index (χ3v) is 1.89. The van der Waals surface area contributed by atoms with Crippen molar-refractivity contribution in [2.45, 2.75) is 0 Å². The second kappa shape index (κ2) is 2.81. The lowest BCUT2D eigenvalue weighted by molar-refractivity contribution is 0.107. The van der Waals surface area contributed by atoms with Crippen LogP contribution in [0.3, 0.4) is 0 Å². The lowest BCUT2D eigenvalue weighted by Gasteiger charge is -1.89. The van der Waals surface area contributed by atoms with Crippen LogP contribution < -0.4 is 0 Å². The van der Waals surface area contributed by atoms with Gasteiger partial charge >= 0.3 is 0 Å². The predicted molar refractivity (Wildman–Crippen MR) is 46.2 cm³/mol. The Morgan fingerprint density at radius 3 is 3.00 bits per heavy atom. The van der Waals surface area contributed by atoms with Gasteiger partial charge in [0.1, 0.15) is 5.82 Å². The van der Waals surface area contributed by atoms with Crippen LogP contribution in [0, 0.1) is 5.82 Å². The molecule has 0 saturated carbocycles. The molecule has 66 valence electrons. The molecule has 0 fully saturated rings. The van der Waals surface area contributed by atoms with E-state index in [1.165, 1.54) is 18.2 Å². The zero-order valence-electron chi connectivity index (χ0n) is 6.34. The third-order valence-electron chi connectivity index (χ3n) is 1.71. The van der Waals surface area contributed by atoms with Crippen LogP contribution in [0.2, 0.25) is 0 Å². The number of H-pyrrole nitrogens is 1. The Balaban J connectivity index is 2.79. The minimum Gasteiger partial charge on any atom is -0.277 e. The third kappa shape index (κ3) is 1.29. The van der Waals surface area contributed by atoms with E-state index in [2.05, 4.69) is 10.2 Å². The molecule has 1 aromatic heterocycles. The van der Waals surface area contributed by atoms with Crippen LogP contribution >= 0.6 is 11.6 Å². The summed E-state index contributed by atoms with van der Waals surface area (Å²) in [5.41, 5.74) is 0.640. The highest BCUT2D eigenvalue weighted by atomic mass is 35.5. The fourth-order valence-electron chi connectivity index (χ4n) is 1.14. The molecular weight excluding hydrogens is 195 g/mol. The number of benzene rings is 1. The minimum absolute atomic E-state index is 0.0520. The second-order valence-corrected chi connectivity index (χ2v) is 2.88. The standard InChI is InChI=1S/C8H4ClFN2O/c9-8(13)7-5-3-4(10)1-2-6(5)11-12-7/h1-3H,(H,11,12). The van der Waals surface area contributed by atoms with Crippen molar-refractivity contribution >= 4 is 27.7 Å². The molecule has 0 bridgehead atoms. The molecule has 1 aromatic carbocycles. The smallest absolute Gasteiger partial charge is 0.273 e. The van der Waals surface area contributed by atoms with Gasteiger partial charge in [0.2, 0.25) is 0 Å². The Labute approximate surface area is 77.5 Å². The number of carbonyl (C=O) groups excluding carboxylic acids is 1. The zero-order chi connectivity index (χ0) is 9.42. The highest BCUT2D eigenvalue weighted by Gasteiger charge is 2.11. The van der Waals surface area contributed by atoms with Gasteiger partial charge in [-0.2, -0.15) is 5.10 Å². The number of halogens is 2. The molecule has 0 aliphatic heterocycles. The molecule has 2 aromatic rings. The topological polar surface area (TPSA) is 45.8 Å². The van der Waals surface area contributed by atoms with Gasteiger partial charge in [-0.1, -0.05) is 0 Å². The van der Waals surface area contributed by atoms with E-state index in [1.54, 1.807) is 0 Å². The lowest BCUT2D eigenvalue weighted by Crippen LogP contribution is -1.89. The zero-order valence-corrected chi connectivity index (χ0v) is 7.10. The first-order valence-corrected chi connectivity index (χ1v) is 3.90. The maximum absolute atomic E-state index is 12.8. The number of fused-ring (bicyclic) bond motifs is 1. The summed E-state index contributed by atoms with van der Waals surface area (Å²) >= 11 is 5.23. The first kappa shape index (κ1) is 8.19. The first-order chi connectivity index (χ1) is 6.18. The lowest BCUT2D eigenvalue weighted by atomic mass is 10.2. The van der Waals surface area contributed by atoms with E-state index < -0.39 is 11.1 Å². The SMILES string of the molecule is O=C(Cl)c1n[nH]c2ccc(F)cc12. The van der Waals surface area contributed by atoms with Crippen molar-refractivity contribution in [2.75, 3.05) is 0 Å². The monoisotopic (exact) mass is 198 g/mol. The molecule has 1 heterocycles. The fourth-order valence-corrected chi connectivity index (χ4v) is 1.28. The molecule has 2 rings (SSSR count). The molecule has 0 amide bonds. The van der Waals surface area contributed by atoms with Gasteiger partial charge in [0.05, 0.1) is 5.52 Å². The molecule has 0 spiro atoms. The quantitative estimate of drug-likeness (QED) is 0.713. The number of hydrogen-bond acceptors (Lipinski definition) is 2. The summed E-state index contributed by atoms with van der Waals surface area (Å²) in [6.45, 7) is 0. The Hall–Kier alpha value is -1.42. The minimum atomic E-state index is -0.697. The van der Waals surface area contributed by atoms with Gasteiger partial charge in [-0.05, 0) is 29.8 Å². The number of rotatable bonds is 1. The van der Waals surface area contributed by atoms with Crippen LogP contribution in [0.4, 0.5) is 4.39 Å². The summed E-state index contributed by atoms with van der Waals surface area (Å²) < 4.78 is 12.8. The molecule has 0 atom stereocenters. The van der Waals surface area contributed by atoms with E-state index in [4.69, 9.17) is 11.6 Å². The molecule has 13 heavy (non-hydrogen) atoms. The molecule has 3 nitrogen and oxygen atoms in total. The van der Waals surface area contributed by atoms with Crippen LogP contribution in [0.5, 0.6) is 0 Å². The summed E-state index contributed by atoms with van der Waals surface area (Å²) in [6.07, 6.45) is 0. The summed E-state index contributed by atoms with van der Waals surface area (Å²) in [4.78, 5) is 10.8. The molecule has 0 radical (unpaired) electrons. The second-order valence-electron chi connectivity index (χ2n) is 2.54. The van der Waals surface area contributed by atoms with Gasteiger partial charge in [0, 0.05) is 5.39 Å². The normalized spacial score (nSPS) is 10.6. The largest absolute Gasteiger partial charge is 0.277 e. The van der Waals surface area contributed by atoms with E-state index in [1.807, 2.05) is 0 Å².